The Labute approximate surface area is 134 Å². The Bertz CT molecular complexity index is 588. The zero-order valence-corrected chi connectivity index (χ0v) is 13.3. The number of aromatic nitrogens is 1. The first-order valence-electron chi connectivity index (χ1n) is 7.72. The maximum atomic E-state index is 12.5. The normalized spacial score (nSPS) is 15.4. The van der Waals surface area contributed by atoms with Gasteiger partial charge in [0.15, 0.2) is 0 Å². The molecule has 5 heteroatoms. The molecular formula is C17H20N2O2S. The van der Waals surface area contributed by atoms with Crippen LogP contribution in [0.15, 0.2) is 35.2 Å². The van der Waals surface area contributed by atoms with E-state index in [4.69, 9.17) is 4.74 Å². The molecule has 1 saturated heterocycles. The van der Waals surface area contributed by atoms with Crippen molar-refractivity contribution in [1.82, 2.24) is 9.88 Å². The maximum absolute atomic E-state index is 12.5. The fourth-order valence-electron chi connectivity index (χ4n) is 2.62. The Morgan fingerprint density at radius 1 is 1.14 bits per heavy atom. The Balaban J connectivity index is 1.59. The van der Waals surface area contributed by atoms with Crippen molar-refractivity contribution in [1.29, 1.82) is 0 Å². The molecule has 2 heterocycles. The number of rotatable bonds is 4. The summed E-state index contributed by atoms with van der Waals surface area (Å²) >= 11 is 1.56. The van der Waals surface area contributed by atoms with Gasteiger partial charge in [0.1, 0.15) is 12.4 Å². The van der Waals surface area contributed by atoms with Crippen molar-refractivity contribution in [3.63, 3.8) is 0 Å². The van der Waals surface area contributed by atoms with Crippen LogP contribution in [-0.2, 0) is 6.61 Å². The average molecular weight is 316 g/mol. The molecule has 0 aliphatic carbocycles. The molecule has 3 rings (SSSR count). The molecule has 2 aromatic rings. The van der Waals surface area contributed by atoms with Crippen LogP contribution in [0.5, 0.6) is 5.75 Å². The smallest absolute Gasteiger partial charge is 0.253 e. The average Bonchev–Trinajstić information content (AvgIpc) is 2.93. The lowest BCUT2D eigenvalue weighted by molar-refractivity contribution is 0.0761. The maximum Gasteiger partial charge on any atom is 0.253 e. The van der Waals surface area contributed by atoms with Gasteiger partial charge in [0.2, 0.25) is 0 Å². The van der Waals surface area contributed by atoms with Crippen molar-refractivity contribution in [2.45, 2.75) is 32.3 Å². The summed E-state index contributed by atoms with van der Waals surface area (Å²) in [6, 6.07) is 7.42. The first-order chi connectivity index (χ1) is 10.8. The number of ether oxygens (including phenoxy) is 1. The second-order valence-corrected chi connectivity index (χ2v) is 6.22. The standard InChI is InChI=1S/C17H20N2O2S/c20-17(19-9-3-1-2-4-10-19)14-5-7-16(8-6-14)21-11-15-12-22-13-18-15/h5-8,12-13H,1-4,9-11H2. The van der Waals surface area contributed by atoms with Crippen LogP contribution in [0.3, 0.4) is 0 Å². The summed E-state index contributed by atoms with van der Waals surface area (Å²) in [5.41, 5.74) is 3.46. The van der Waals surface area contributed by atoms with E-state index >= 15 is 0 Å². The van der Waals surface area contributed by atoms with E-state index in [1.54, 1.807) is 16.8 Å². The summed E-state index contributed by atoms with van der Waals surface area (Å²) in [5, 5.41) is 1.97. The summed E-state index contributed by atoms with van der Waals surface area (Å²) in [4.78, 5) is 18.6. The summed E-state index contributed by atoms with van der Waals surface area (Å²) in [7, 11) is 0. The molecule has 0 unspecified atom stereocenters. The molecule has 1 aromatic heterocycles. The highest BCUT2D eigenvalue weighted by molar-refractivity contribution is 7.07. The number of likely N-dealkylation sites (tertiary alicyclic amines) is 1. The fraction of sp³-hybridized carbons (Fsp3) is 0.412. The molecule has 4 nitrogen and oxygen atoms in total. The van der Waals surface area contributed by atoms with E-state index in [0.717, 1.165) is 42.9 Å². The molecule has 0 spiro atoms. The van der Waals surface area contributed by atoms with Gasteiger partial charge in [-0.15, -0.1) is 11.3 Å². The summed E-state index contributed by atoms with van der Waals surface area (Å²) in [6.45, 7) is 2.21. The van der Waals surface area contributed by atoms with Gasteiger partial charge in [-0.05, 0) is 37.1 Å². The third kappa shape index (κ3) is 3.85. The van der Waals surface area contributed by atoms with E-state index in [2.05, 4.69) is 4.98 Å². The SMILES string of the molecule is O=C(c1ccc(OCc2cscn2)cc1)N1CCCCCC1. The molecule has 0 radical (unpaired) electrons. The van der Waals surface area contributed by atoms with Crippen molar-refractivity contribution < 1.29 is 9.53 Å². The quantitative estimate of drug-likeness (QED) is 0.863. The first-order valence-corrected chi connectivity index (χ1v) is 8.66. The lowest BCUT2D eigenvalue weighted by Gasteiger charge is -2.20. The van der Waals surface area contributed by atoms with Gasteiger partial charge in [-0.2, -0.15) is 0 Å². The number of amides is 1. The molecule has 0 N–H and O–H groups in total. The van der Waals surface area contributed by atoms with Crippen LogP contribution in [0.1, 0.15) is 41.7 Å². The summed E-state index contributed by atoms with van der Waals surface area (Å²) in [5.74, 6) is 0.897. The number of carbonyl (C=O) groups excluding carboxylic acids is 1. The molecule has 1 aliphatic heterocycles. The van der Waals surface area contributed by atoms with E-state index in [0.29, 0.717) is 6.61 Å². The third-order valence-corrected chi connectivity index (χ3v) is 4.50. The van der Waals surface area contributed by atoms with E-state index in [9.17, 15) is 4.79 Å². The molecule has 1 amide bonds. The Kier molecular flexibility index (Phi) is 5.06. The van der Waals surface area contributed by atoms with Gasteiger partial charge in [-0.3, -0.25) is 4.79 Å². The van der Waals surface area contributed by atoms with Crippen molar-refractivity contribution in [3.8, 4) is 5.75 Å². The van der Waals surface area contributed by atoms with E-state index in [-0.39, 0.29) is 5.91 Å². The molecular weight excluding hydrogens is 296 g/mol. The predicted octanol–water partition coefficient (Wildman–Crippen LogP) is 3.74. The highest BCUT2D eigenvalue weighted by atomic mass is 32.1. The van der Waals surface area contributed by atoms with Gasteiger partial charge in [0.05, 0.1) is 11.2 Å². The fourth-order valence-corrected chi connectivity index (χ4v) is 3.16. The van der Waals surface area contributed by atoms with Crippen LogP contribution >= 0.6 is 11.3 Å². The number of carbonyl (C=O) groups is 1. The summed E-state index contributed by atoms with van der Waals surface area (Å²) in [6.07, 6.45) is 4.68. The Morgan fingerprint density at radius 3 is 2.50 bits per heavy atom. The van der Waals surface area contributed by atoms with Gasteiger partial charge < -0.3 is 9.64 Å². The first kappa shape index (κ1) is 15.0. The molecule has 22 heavy (non-hydrogen) atoms. The van der Waals surface area contributed by atoms with Crippen LogP contribution < -0.4 is 4.74 Å². The van der Waals surface area contributed by atoms with Gasteiger partial charge in [-0.1, -0.05) is 12.8 Å². The number of hydrogen-bond acceptors (Lipinski definition) is 4. The molecule has 1 aliphatic rings. The van der Waals surface area contributed by atoms with E-state index in [1.165, 1.54) is 12.8 Å². The molecule has 116 valence electrons. The van der Waals surface area contributed by atoms with Gasteiger partial charge >= 0.3 is 0 Å². The van der Waals surface area contributed by atoms with Crippen LogP contribution in [0.2, 0.25) is 0 Å². The van der Waals surface area contributed by atoms with Crippen molar-refractivity contribution >= 4 is 17.2 Å². The highest BCUT2D eigenvalue weighted by Crippen LogP contribution is 2.17. The van der Waals surface area contributed by atoms with Gasteiger partial charge in [0.25, 0.3) is 5.91 Å². The molecule has 0 bridgehead atoms. The van der Waals surface area contributed by atoms with Crippen molar-refractivity contribution in [2.24, 2.45) is 0 Å². The topological polar surface area (TPSA) is 42.4 Å². The second kappa shape index (κ2) is 7.40. The lowest BCUT2D eigenvalue weighted by atomic mass is 10.2. The zero-order chi connectivity index (χ0) is 15.2. The minimum atomic E-state index is 0.132. The van der Waals surface area contributed by atoms with Crippen LogP contribution in [0.4, 0.5) is 0 Å². The number of nitrogens with zero attached hydrogens (tertiary/aromatic N) is 2. The van der Waals surface area contributed by atoms with Crippen LogP contribution in [-0.4, -0.2) is 28.9 Å². The molecule has 0 saturated carbocycles. The largest absolute Gasteiger partial charge is 0.487 e. The zero-order valence-electron chi connectivity index (χ0n) is 12.5. The third-order valence-electron chi connectivity index (χ3n) is 3.86. The van der Waals surface area contributed by atoms with Crippen molar-refractivity contribution in [3.05, 3.63) is 46.4 Å². The van der Waals surface area contributed by atoms with Crippen molar-refractivity contribution in [2.75, 3.05) is 13.1 Å². The van der Waals surface area contributed by atoms with E-state index < -0.39 is 0 Å². The summed E-state index contributed by atoms with van der Waals surface area (Å²) < 4.78 is 5.67. The minimum Gasteiger partial charge on any atom is -0.487 e. The van der Waals surface area contributed by atoms with Crippen LogP contribution in [0, 0.1) is 0 Å². The van der Waals surface area contributed by atoms with E-state index in [1.807, 2.05) is 34.5 Å². The van der Waals surface area contributed by atoms with Gasteiger partial charge in [-0.25, -0.2) is 4.98 Å². The monoisotopic (exact) mass is 316 g/mol. The molecule has 1 aromatic carbocycles. The predicted molar refractivity (Wildman–Crippen MR) is 87.3 cm³/mol. The minimum absolute atomic E-state index is 0.132. The van der Waals surface area contributed by atoms with Gasteiger partial charge in [0, 0.05) is 24.0 Å². The highest BCUT2D eigenvalue weighted by Gasteiger charge is 2.17. The Hall–Kier alpha value is -1.88. The number of thiazole rings is 1. The number of benzene rings is 1. The lowest BCUT2D eigenvalue weighted by Crippen LogP contribution is -2.31. The molecule has 0 atom stereocenters. The second-order valence-electron chi connectivity index (χ2n) is 5.50. The number of hydrogen-bond donors (Lipinski definition) is 0. The molecule has 1 fully saturated rings. The Morgan fingerprint density at radius 2 is 1.86 bits per heavy atom. The van der Waals surface area contributed by atoms with Crippen LogP contribution in [0.25, 0.3) is 0 Å².